The number of anilines is 1. The van der Waals surface area contributed by atoms with Gasteiger partial charge in [-0.25, -0.2) is 4.79 Å². The van der Waals surface area contributed by atoms with Gasteiger partial charge in [0.05, 0.1) is 6.61 Å². The highest BCUT2D eigenvalue weighted by Gasteiger charge is 2.23. The standard InChI is InChI=1S/C30H29NO4S/c1-5-34-30(33)28-26(24-11-8-20(3)21(4)16-24)18-36-29(28)31-27(32)17-35-25-14-12-23(13-15-25)22-9-6-19(2)7-10-22/h6-16,18H,5,17H2,1-4H3,(H,31,32). The van der Waals surface area contributed by atoms with Gasteiger partial charge in [0.1, 0.15) is 16.3 Å². The second kappa shape index (κ2) is 11.2. The van der Waals surface area contributed by atoms with Crippen molar-refractivity contribution in [3.63, 3.8) is 0 Å². The summed E-state index contributed by atoms with van der Waals surface area (Å²) in [6.07, 6.45) is 0. The molecule has 0 saturated heterocycles. The lowest BCUT2D eigenvalue weighted by molar-refractivity contribution is -0.118. The Kier molecular flexibility index (Phi) is 7.86. The summed E-state index contributed by atoms with van der Waals surface area (Å²) in [6, 6.07) is 21.9. The molecule has 3 aromatic carbocycles. The molecule has 1 aromatic heterocycles. The number of hydrogen-bond donors (Lipinski definition) is 1. The Labute approximate surface area is 215 Å². The predicted molar refractivity (Wildman–Crippen MR) is 146 cm³/mol. The van der Waals surface area contributed by atoms with E-state index in [4.69, 9.17) is 9.47 Å². The highest BCUT2D eigenvalue weighted by molar-refractivity contribution is 7.15. The third-order valence-electron chi connectivity index (χ3n) is 5.95. The average molecular weight is 500 g/mol. The van der Waals surface area contributed by atoms with Crippen LogP contribution in [0.4, 0.5) is 5.00 Å². The van der Waals surface area contributed by atoms with Crippen molar-refractivity contribution in [1.29, 1.82) is 0 Å². The van der Waals surface area contributed by atoms with Gasteiger partial charge in [-0.3, -0.25) is 4.79 Å². The number of ether oxygens (including phenoxy) is 2. The van der Waals surface area contributed by atoms with Crippen molar-refractivity contribution in [2.45, 2.75) is 27.7 Å². The summed E-state index contributed by atoms with van der Waals surface area (Å²) in [6.45, 7) is 7.96. The second-order valence-corrected chi connectivity index (χ2v) is 9.48. The van der Waals surface area contributed by atoms with Crippen molar-refractivity contribution < 1.29 is 19.1 Å². The zero-order chi connectivity index (χ0) is 25.7. The van der Waals surface area contributed by atoms with Crippen molar-refractivity contribution >= 4 is 28.2 Å². The first-order valence-corrected chi connectivity index (χ1v) is 12.7. The Morgan fingerprint density at radius 2 is 1.47 bits per heavy atom. The largest absolute Gasteiger partial charge is 0.484 e. The number of hydrogen-bond acceptors (Lipinski definition) is 5. The van der Waals surface area contributed by atoms with Gasteiger partial charge in [0.15, 0.2) is 6.61 Å². The Morgan fingerprint density at radius 1 is 0.833 bits per heavy atom. The molecule has 0 spiro atoms. The molecule has 0 atom stereocenters. The number of carbonyl (C=O) groups is 2. The molecule has 0 aliphatic carbocycles. The fraction of sp³-hybridized carbons (Fsp3) is 0.200. The van der Waals surface area contributed by atoms with E-state index in [0.29, 0.717) is 16.3 Å². The van der Waals surface area contributed by atoms with E-state index in [-0.39, 0.29) is 19.1 Å². The maximum atomic E-state index is 12.8. The molecule has 0 aliphatic rings. The van der Waals surface area contributed by atoms with Gasteiger partial charge in [-0.15, -0.1) is 11.3 Å². The molecule has 6 heteroatoms. The van der Waals surface area contributed by atoms with E-state index in [2.05, 4.69) is 36.5 Å². The number of benzene rings is 3. The number of thiophene rings is 1. The number of nitrogens with one attached hydrogen (secondary N) is 1. The minimum Gasteiger partial charge on any atom is -0.484 e. The fourth-order valence-electron chi connectivity index (χ4n) is 3.78. The molecule has 1 N–H and O–H groups in total. The van der Waals surface area contributed by atoms with Crippen molar-refractivity contribution in [2.75, 3.05) is 18.5 Å². The molecule has 0 aliphatic heterocycles. The summed E-state index contributed by atoms with van der Waals surface area (Å²) in [5.74, 6) is -0.222. The second-order valence-electron chi connectivity index (χ2n) is 8.60. The first-order chi connectivity index (χ1) is 17.4. The van der Waals surface area contributed by atoms with Crippen LogP contribution in [0.25, 0.3) is 22.3 Å². The lowest BCUT2D eigenvalue weighted by atomic mass is 9.99. The van der Waals surface area contributed by atoms with Crippen LogP contribution < -0.4 is 10.1 Å². The van der Waals surface area contributed by atoms with Crippen LogP contribution in [0.5, 0.6) is 5.75 Å². The molecule has 0 saturated carbocycles. The monoisotopic (exact) mass is 499 g/mol. The molecule has 5 nitrogen and oxygen atoms in total. The normalized spacial score (nSPS) is 10.7. The molecule has 0 bridgehead atoms. The fourth-order valence-corrected chi connectivity index (χ4v) is 4.75. The summed E-state index contributed by atoms with van der Waals surface area (Å²) in [5, 5.41) is 5.15. The van der Waals surface area contributed by atoms with Gasteiger partial charge in [-0.05, 0) is 67.6 Å². The first-order valence-electron chi connectivity index (χ1n) is 11.8. The lowest BCUT2D eigenvalue weighted by Crippen LogP contribution is -2.21. The molecule has 4 rings (SSSR count). The van der Waals surface area contributed by atoms with E-state index in [0.717, 1.165) is 27.8 Å². The van der Waals surface area contributed by atoms with E-state index in [1.165, 1.54) is 22.5 Å². The van der Waals surface area contributed by atoms with Crippen LogP contribution in [0.2, 0.25) is 0 Å². The molecule has 36 heavy (non-hydrogen) atoms. The molecule has 4 aromatic rings. The van der Waals surface area contributed by atoms with E-state index < -0.39 is 5.97 Å². The van der Waals surface area contributed by atoms with Crippen LogP contribution in [-0.4, -0.2) is 25.1 Å². The minimum absolute atomic E-state index is 0.178. The molecule has 0 unspecified atom stereocenters. The van der Waals surface area contributed by atoms with Crippen LogP contribution in [0.15, 0.2) is 72.1 Å². The number of aryl methyl sites for hydroxylation is 3. The van der Waals surface area contributed by atoms with Crippen molar-refractivity contribution in [3.05, 3.63) is 94.4 Å². The van der Waals surface area contributed by atoms with Gasteiger partial charge in [-0.1, -0.05) is 60.2 Å². The predicted octanol–water partition coefficient (Wildman–Crippen LogP) is 7.20. The Balaban J connectivity index is 1.46. The third-order valence-corrected chi connectivity index (χ3v) is 6.85. The van der Waals surface area contributed by atoms with Gasteiger partial charge in [0.25, 0.3) is 5.91 Å². The Bertz CT molecular complexity index is 1370. The van der Waals surface area contributed by atoms with Crippen molar-refractivity contribution in [3.8, 4) is 28.0 Å². The Morgan fingerprint density at radius 3 is 2.11 bits per heavy atom. The quantitative estimate of drug-likeness (QED) is 0.260. The van der Waals surface area contributed by atoms with Gasteiger partial charge < -0.3 is 14.8 Å². The zero-order valence-electron chi connectivity index (χ0n) is 20.9. The highest BCUT2D eigenvalue weighted by atomic mass is 32.1. The van der Waals surface area contributed by atoms with E-state index in [9.17, 15) is 9.59 Å². The molecule has 0 fully saturated rings. The van der Waals surface area contributed by atoms with Gasteiger partial charge in [-0.2, -0.15) is 0 Å². The van der Waals surface area contributed by atoms with Crippen LogP contribution in [-0.2, 0) is 9.53 Å². The summed E-state index contributed by atoms with van der Waals surface area (Å²) >= 11 is 1.30. The molecule has 1 amide bonds. The zero-order valence-corrected chi connectivity index (χ0v) is 21.7. The minimum atomic E-state index is -0.463. The van der Waals surface area contributed by atoms with Crippen LogP contribution in [0.1, 0.15) is 34.0 Å². The SMILES string of the molecule is CCOC(=O)c1c(-c2ccc(C)c(C)c2)csc1NC(=O)COc1ccc(-c2ccc(C)cc2)cc1. The maximum Gasteiger partial charge on any atom is 0.341 e. The molecule has 0 radical (unpaired) electrons. The van der Waals surface area contributed by atoms with Crippen LogP contribution in [0, 0.1) is 20.8 Å². The molecule has 1 heterocycles. The topological polar surface area (TPSA) is 64.6 Å². The first kappa shape index (κ1) is 25.2. The van der Waals surface area contributed by atoms with Gasteiger partial charge >= 0.3 is 5.97 Å². The lowest BCUT2D eigenvalue weighted by Gasteiger charge is -2.11. The summed E-state index contributed by atoms with van der Waals surface area (Å²) < 4.78 is 11.0. The maximum absolute atomic E-state index is 12.8. The molecular weight excluding hydrogens is 470 g/mol. The van der Waals surface area contributed by atoms with Crippen molar-refractivity contribution in [1.82, 2.24) is 0 Å². The molecular formula is C30H29NO4S. The van der Waals surface area contributed by atoms with Crippen LogP contribution in [0.3, 0.4) is 0 Å². The van der Waals surface area contributed by atoms with Gasteiger partial charge in [0, 0.05) is 10.9 Å². The average Bonchev–Trinajstić information content (AvgIpc) is 3.29. The van der Waals surface area contributed by atoms with Gasteiger partial charge in [0.2, 0.25) is 0 Å². The number of esters is 1. The van der Waals surface area contributed by atoms with E-state index in [1.54, 1.807) is 6.92 Å². The van der Waals surface area contributed by atoms with Crippen LogP contribution >= 0.6 is 11.3 Å². The smallest absolute Gasteiger partial charge is 0.341 e. The number of amides is 1. The summed E-state index contributed by atoms with van der Waals surface area (Å²) in [5.41, 5.74) is 7.71. The van der Waals surface area contributed by atoms with Crippen molar-refractivity contribution in [2.24, 2.45) is 0 Å². The molecule has 184 valence electrons. The summed E-state index contributed by atoms with van der Waals surface area (Å²) in [7, 11) is 0. The van der Waals surface area contributed by atoms with E-state index in [1.807, 2.05) is 61.7 Å². The van der Waals surface area contributed by atoms with E-state index >= 15 is 0 Å². The number of rotatable bonds is 8. The number of carbonyl (C=O) groups excluding carboxylic acids is 2. The third kappa shape index (κ3) is 5.83. The highest BCUT2D eigenvalue weighted by Crippen LogP contribution is 2.37. The Hall–Kier alpha value is -3.90. The summed E-state index contributed by atoms with van der Waals surface area (Å²) in [4.78, 5) is 25.5.